The molecule has 1 aromatic rings. The van der Waals surface area contributed by atoms with Crippen LogP contribution >= 0.6 is 0 Å². The van der Waals surface area contributed by atoms with E-state index < -0.39 is 5.91 Å². The van der Waals surface area contributed by atoms with E-state index in [1.807, 2.05) is 12.1 Å². The lowest BCUT2D eigenvalue weighted by atomic mass is 10.0. The molecule has 0 bridgehead atoms. The predicted octanol–water partition coefficient (Wildman–Crippen LogP) is 1.28. The van der Waals surface area contributed by atoms with Crippen molar-refractivity contribution >= 4 is 5.91 Å². The zero-order valence-electron chi connectivity index (χ0n) is 11.0. The molecule has 0 aliphatic heterocycles. The van der Waals surface area contributed by atoms with E-state index in [1.54, 1.807) is 12.1 Å². The maximum atomic E-state index is 10.9. The van der Waals surface area contributed by atoms with Gasteiger partial charge in [0.05, 0.1) is 6.61 Å². The second-order valence-corrected chi connectivity index (χ2v) is 4.95. The first-order valence-electron chi connectivity index (χ1n) is 6.26. The van der Waals surface area contributed by atoms with Crippen LogP contribution in [-0.4, -0.2) is 23.7 Å². The summed E-state index contributed by atoms with van der Waals surface area (Å²) in [5.74, 6) is 0.134. The van der Waals surface area contributed by atoms with Crippen molar-refractivity contribution in [2.45, 2.75) is 32.9 Å². The summed E-state index contributed by atoms with van der Waals surface area (Å²) in [5, 5.41) is 12.5. The molecule has 0 heterocycles. The molecule has 0 fully saturated rings. The summed E-state index contributed by atoms with van der Waals surface area (Å²) in [6.07, 6.45) is 0.940. The van der Waals surface area contributed by atoms with Crippen molar-refractivity contribution in [3.05, 3.63) is 35.4 Å². The Bertz CT molecular complexity index is 374. The number of nitrogens with one attached hydrogen (secondary N) is 1. The van der Waals surface area contributed by atoms with Gasteiger partial charge in [0.1, 0.15) is 0 Å². The molecule has 1 rings (SSSR count). The summed E-state index contributed by atoms with van der Waals surface area (Å²) in [5.41, 5.74) is 6.76. The van der Waals surface area contributed by atoms with Crippen molar-refractivity contribution in [2.24, 2.45) is 11.7 Å². The number of nitrogens with two attached hydrogens (primary N) is 1. The lowest BCUT2D eigenvalue weighted by Gasteiger charge is -2.18. The number of primary amides is 1. The second-order valence-electron chi connectivity index (χ2n) is 4.95. The van der Waals surface area contributed by atoms with Crippen LogP contribution in [0.25, 0.3) is 0 Å². The molecule has 0 unspecified atom stereocenters. The molecular formula is C14H22N2O2. The molecule has 1 atom stereocenters. The van der Waals surface area contributed by atoms with Gasteiger partial charge >= 0.3 is 0 Å². The van der Waals surface area contributed by atoms with Crippen molar-refractivity contribution in [3.63, 3.8) is 0 Å². The van der Waals surface area contributed by atoms with E-state index in [2.05, 4.69) is 19.2 Å². The van der Waals surface area contributed by atoms with Gasteiger partial charge in [-0.2, -0.15) is 0 Å². The Kier molecular flexibility index (Phi) is 5.82. The van der Waals surface area contributed by atoms with Gasteiger partial charge in [0, 0.05) is 18.2 Å². The molecule has 0 saturated carbocycles. The predicted molar refractivity (Wildman–Crippen MR) is 72.1 cm³/mol. The van der Waals surface area contributed by atoms with E-state index in [9.17, 15) is 9.90 Å². The minimum Gasteiger partial charge on any atom is -0.395 e. The Morgan fingerprint density at radius 1 is 1.33 bits per heavy atom. The van der Waals surface area contributed by atoms with E-state index >= 15 is 0 Å². The fourth-order valence-electron chi connectivity index (χ4n) is 1.84. The van der Waals surface area contributed by atoms with Crippen LogP contribution < -0.4 is 11.1 Å². The summed E-state index contributed by atoms with van der Waals surface area (Å²) >= 11 is 0. The lowest BCUT2D eigenvalue weighted by Crippen LogP contribution is -2.33. The van der Waals surface area contributed by atoms with Crippen LogP contribution in [0.15, 0.2) is 24.3 Å². The van der Waals surface area contributed by atoms with Gasteiger partial charge in [-0.25, -0.2) is 0 Å². The van der Waals surface area contributed by atoms with Crippen molar-refractivity contribution in [1.29, 1.82) is 0 Å². The average molecular weight is 250 g/mol. The molecule has 0 aromatic heterocycles. The fourth-order valence-corrected chi connectivity index (χ4v) is 1.84. The van der Waals surface area contributed by atoms with Crippen LogP contribution in [0.1, 0.15) is 36.2 Å². The number of benzene rings is 1. The largest absolute Gasteiger partial charge is 0.395 e. The van der Waals surface area contributed by atoms with E-state index in [0.29, 0.717) is 18.0 Å². The topological polar surface area (TPSA) is 75.3 Å². The van der Waals surface area contributed by atoms with Crippen LogP contribution in [0.5, 0.6) is 0 Å². The summed E-state index contributed by atoms with van der Waals surface area (Å²) in [7, 11) is 0. The molecule has 1 aromatic carbocycles. The molecule has 18 heavy (non-hydrogen) atoms. The number of hydrogen-bond acceptors (Lipinski definition) is 3. The maximum Gasteiger partial charge on any atom is 0.248 e. The van der Waals surface area contributed by atoms with Crippen LogP contribution in [0.3, 0.4) is 0 Å². The standard InChI is InChI=1S/C14H22N2O2/c1-10(2)7-13(9-17)16-8-11-3-5-12(6-4-11)14(15)18/h3-6,10,13,16-17H,7-9H2,1-2H3,(H2,15,18)/t13-/m1/s1. The normalized spacial score (nSPS) is 12.7. The average Bonchev–Trinajstić information content (AvgIpc) is 2.34. The summed E-state index contributed by atoms with van der Waals surface area (Å²) in [4.78, 5) is 10.9. The Labute approximate surface area is 108 Å². The fraction of sp³-hybridized carbons (Fsp3) is 0.500. The number of rotatable bonds is 7. The SMILES string of the molecule is CC(C)C[C@H](CO)NCc1ccc(C(N)=O)cc1. The second kappa shape index (κ2) is 7.13. The van der Waals surface area contributed by atoms with Gasteiger partial charge in [-0.15, -0.1) is 0 Å². The molecular weight excluding hydrogens is 228 g/mol. The molecule has 0 spiro atoms. The van der Waals surface area contributed by atoms with Gasteiger partial charge in [0.15, 0.2) is 0 Å². The Morgan fingerprint density at radius 3 is 2.39 bits per heavy atom. The zero-order chi connectivity index (χ0) is 13.5. The van der Waals surface area contributed by atoms with Crippen LogP contribution in [0.4, 0.5) is 0 Å². The third kappa shape index (κ3) is 4.85. The van der Waals surface area contributed by atoms with E-state index in [1.165, 1.54) is 0 Å². The van der Waals surface area contributed by atoms with Gasteiger partial charge in [0.25, 0.3) is 0 Å². The monoisotopic (exact) mass is 250 g/mol. The third-order valence-corrected chi connectivity index (χ3v) is 2.81. The summed E-state index contributed by atoms with van der Waals surface area (Å²) in [6, 6.07) is 7.29. The Morgan fingerprint density at radius 2 is 1.94 bits per heavy atom. The smallest absolute Gasteiger partial charge is 0.248 e. The lowest BCUT2D eigenvalue weighted by molar-refractivity contribution is 0.100. The molecule has 0 aliphatic rings. The van der Waals surface area contributed by atoms with Crippen LogP contribution in [0, 0.1) is 5.92 Å². The van der Waals surface area contributed by atoms with Gasteiger partial charge in [0.2, 0.25) is 5.91 Å². The number of carbonyl (C=O) groups is 1. The van der Waals surface area contributed by atoms with Crippen molar-refractivity contribution in [3.8, 4) is 0 Å². The maximum absolute atomic E-state index is 10.9. The summed E-state index contributed by atoms with van der Waals surface area (Å²) in [6.45, 7) is 5.08. The number of aliphatic hydroxyl groups is 1. The van der Waals surface area contributed by atoms with Gasteiger partial charge < -0.3 is 16.2 Å². The highest BCUT2D eigenvalue weighted by atomic mass is 16.3. The highest BCUT2D eigenvalue weighted by Crippen LogP contribution is 2.07. The first-order valence-corrected chi connectivity index (χ1v) is 6.26. The molecule has 0 saturated heterocycles. The van der Waals surface area contributed by atoms with E-state index in [0.717, 1.165) is 12.0 Å². The number of amides is 1. The van der Waals surface area contributed by atoms with Crippen molar-refractivity contribution < 1.29 is 9.90 Å². The first-order chi connectivity index (χ1) is 8.52. The molecule has 100 valence electrons. The van der Waals surface area contributed by atoms with Crippen LogP contribution in [0.2, 0.25) is 0 Å². The summed E-state index contributed by atoms with van der Waals surface area (Å²) < 4.78 is 0. The van der Waals surface area contributed by atoms with Crippen molar-refractivity contribution in [2.75, 3.05) is 6.61 Å². The molecule has 4 N–H and O–H groups in total. The molecule has 0 radical (unpaired) electrons. The highest BCUT2D eigenvalue weighted by molar-refractivity contribution is 5.92. The van der Waals surface area contributed by atoms with Gasteiger partial charge in [-0.3, -0.25) is 4.79 Å². The molecule has 4 nitrogen and oxygen atoms in total. The first kappa shape index (κ1) is 14.7. The molecule has 4 heteroatoms. The minimum absolute atomic E-state index is 0.112. The zero-order valence-corrected chi connectivity index (χ0v) is 11.0. The van der Waals surface area contributed by atoms with Gasteiger partial charge in [-0.1, -0.05) is 26.0 Å². The number of aliphatic hydroxyl groups excluding tert-OH is 1. The quantitative estimate of drug-likeness (QED) is 0.682. The highest BCUT2D eigenvalue weighted by Gasteiger charge is 2.09. The van der Waals surface area contributed by atoms with E-state index in [-0.39, 0.29) is 12.6 Å². The van der Waals surface area contributed by atoms with Crippen molar-refractivity contribution in [1.82, 2.24) is 5.32 Å². The number of hydrogen-bond donors (Lipinski definition) is 3. The third-order valence-electron chi connectivity index (χ3n) is 2.81. The number of carbonyl (C=O) groups excluding carboxylic acids is 1. The van der Waals surface area contributed by atoms with Crippen LogP contribution in [-0.2, 0) is 6.54 Å². The van der Waals surface area contributed by atoms with E-state index in [4.69, 9.17) is 5.73 Å². The molecule has 0 aliphatic carbocycles. The Balaban J connectivity index is 2.49. The molecule has 1 amide bonds. The minimum atomic E-state index is -0.414. The van der Waals surface area contributed by atoms with Gasteiger partial charge in [-0.05, 0) is 30.0 Å². The Hall–Kier alpha value is -1.39.